The second-order valence-corrected chi connectivity index (χ2v) is 6.66. The van der Waals surface area contributed by atoms with Gasteiger partial charge in [-0.05, 0) is 37.6 Å². The highest BCUT2D eigenvalue weighted by Gasteiger charge is 2.31. The number of benzene rings is 1. The predicted molar refractivity (Wildman–Crippen MR) is 98.0 cm³/mol. The van der Waals surface area contributed by atoms with Gasteiger partial charge in [0, 0.05) is 44.6 Å². The maximum Gasteiger partial charge on any atom is 0.416 e. The number of alkyl halides is 3. The van der Waals surface area contributed by atoms with Crippen molar-refractivity contribution in [1.29, 1.82) is 0 Å². The Morgan fingerprint density at radius 1 is 1.07 bits per heavy atom. The van der Waals surface area contributed by atoms with Crippen molar-refractivity contribution in [3.05, 3.63) is 42.2 Å². The van der Waals surface area contributed by atoms with Gasteiger partial charge in [0.2, 0.25) is 0 Å². The molecule has 1 N–H and O–H groups in total. The van der Waals surface area contributed by atoms with Crippen LogP contribution < -0.4 is 10.3 Å². The lowest BCUT2D eigenvalue weighted by atomic mass is 10.1. The summed E-state index contributed by atoms with van der Waals surface area (Å²) >= 11 is 0. The minimum absolute atomic E-state index is 0.536. The van der Waals surface area contributed by atoms with Crippen LogP contribution in [0.5, 0.6) is 0 Å². The molecule has 0 saturated carbocycles. The fraction of sp³-hybridized carbons (Fsp3) is 0.556. The number of hydrogen-bond donors (Lipinski definition) is 1. The molecular weight excluding hydrogens is 357 g/mol. The number of hydrazine groups is 1. The number of halogens is 3. The molecule has 1 fully saturated rings. The Hall–Kier alpha value is -2.13. The molecule has 0 amide bonds. The molecule has 2 heterocycles. The van der Waals surface area contributed by atoms with Crippen LogP contribution in [0.25, 0.3) is 0 Å². The average molecular weight is 382 g/mol. The summed E-state index contributed by atoms with van der Waals surface area (Å²) < 4.78 is 38.6. The lowest BCUT2D eigenvalue weighted by molar-refractivity contribution is -0.137. The number of anilines is 1. The monoisotopic (exact) mass is 382 g/mol. The Labute approximate surface area is 157 Å². The van der Waals surface area contributed by atoms with Crippen LogP contribution >= 0.6 is 0 Å². The number of nitrogens with one attached hydrogen (secondary N) is 1. The Kier molecular flexibility index (Phi) is 6.68. The first-order valence-electron chi connectivity index (χ1n) is 9.20. The van der Waals surface area contributed by atoms with Gasteiger partial charge in [-0.25, -0.2) is 5.43 Å². The van der Waals surface area contributed by atoms with Gasteiger partial charge >= 0.3 is 6.18 Å². The highest BCUT2D eigenvalue weighted by molar-refractivity contribution is 5.49. The van der Waals surface area contributed by atoms with E-state index in [9.17, 15) is 13.2 Å². The van der Waals surface area contributed by atoms with Crippen LogP contribution in [-0.4, -0.2) is 55.8 Å². The van der Waals surface area contributed by atoms with E-state index in [4.69, 9.17) is 0 Å². The van der Waals surface area contributed by atoms with E-state index in [0.717, 1.165) is 58.2 Å². The topological polar surface area (TPSA) is 46.5 Å². The molecule has 0 aliphatic carbocycles. The average Bonchev–Trinajstić information content (AvgIpc) is 2.68. The van der Waals surface area contributed by atoms with Crippen molar-refractivity contribution in [1.82, 2.24) is 15.3 Å². The molecule has 6 nitrogen and oxygen atoms in total. The number of hydrogen-bond acceptors (Lipinski definition) is 6. The number of piperazine rings is 1. The summed E-state index contributed by atoms with van der Waals surface area (Å²) in [6.45, 7) is 5.68. The largest absolute Gasteiger partial charge is 0.416 e. The molecule has 2 aliphatic rings. The van der Waals surface area contributed by atoms with Crippen LogP contribution in [0.15, 0.2) is 46.9 Å². The summed E-state index contributed by atoms with van der Waals surface area (Å²) in [5.41, 5.74) is 3.35. The molecule has 27 heavy (non-hydrogen) atoms. The van der Waals surface area contributed by atoms with E-state index in [1.807, 2.05) is 16.1 Å². The predicted octanol–water partition coefficient (Wildman–Crippen LogP) is 3.31. The molecule has 1 saturated heterocycles. The van der Waals surface area contributed by atoms with Gasteiger partial charge in [0.15, 0.2) is 0 Å². The van der Waals surface area contributed by atoms with Crippen LogP contribution in [0.2, 0.25) is 0 Å². The van der Waals surface area contributed by atoms with E-state index in [0.29, 0.717) is 12.4 Å². The summed E-state index contributed by atoms with van der Waals surface area (Å²) in [6, 6.07) is 5.61. The maximum atomic E-state index is 12.9. The van der Waals surface area contributed by atoms with Gasteiger partial charge in [-0.15, -0.1) is 0 Å². The van der Waals surface area contributed by atoms with Crippen LogP contribution in [0, 0.1) is 0 Å². The lowest BCUT2D eigenvalue weighted by Gasteiger charge is -2.36. The lowest BCUT2D eigenvalue weighted by Crippen LogP contribution is -2.46. The van der Waals surface area contributed by atoms with Crippen LogP contribution in [0.4, 0.5) is 18.9 Å². The zero-order valence-corrected chi connectivity index (χ0v) is 15.2. The van der Waals surface area contributed by atoms with Crippen molar-refractivity contribution in [3.8, 4) is 0 Å². The van der Waals surface area contributed by atoms with Gasteiger partial charge in [0.05, 0.1) is 11.8 Å². The second kappa shape index (κ2) is 9.18. The first-order chi connectivity index (χ1) is 13.0. The molecule has 9 heteroatoms. The molecule has 0 atom stereocenters. The minimum Gasteiger partial charge on any atom is -0.369 e. The standard InChI is InChI=1S/C18H25F3N6/c19-18(20,21)16-4-3-5-17(14-16)26-12-10-25(11-13-26)8-2-1-6-24-27-9-7-22-23-15-27/h3-5,7,9,14,24H,1-2,6,8,10-13,15H2. The summed E-state index contributed by atoms with van der Waals surface area (Å²) in [6.07, 6.45) is 1.35. The van der Waals surface area contributed by atoms with Crippen molar-refractivity contribution >= 4 is 5.69 Å². The van der Waals surface area contributed by atoms with Crippen molar-refractivity contribution in [2.45, 2.75) is 19.0 Å². The maximum absolute atomic E-state index is 12.9. The third kappa shape index (κ3) is 5.93. The van der Waals surface area contributed by atoms with E-state index < -0.39 is 11.7 Å². The Morgan fingerprint density at radius 3 is 2.59 bits per heavy atom. The number of nitrogens with zero attached hydrogens (tertiary/aromatic N) is 5. The van der Waals surface area contributed by atoms with Gasteiger partial charge in [-0.2, -0.15) is 23.4 Å². The van der Waals surface area contributed by atoms with Gasteiger partial charge in [-0.3, -0.25) is 9.91 Å². The SMILES string of the molecule is FC(F)(F)c1cccc(N2CCN(CCCCNN3C=CN=NC3)CC2)c1. The molecule has 0 spiro atoms. The molecule has 0 aromatic heterocycles. The molecule has 1 aromatic carbocycles. The second-order valence-electron chi connectivity index (χ2n) is 6.66. The third-order valence-corrected chi connectivity index (χ3v) is 4.74. The summed E-state index contributed by atoms with van der Waals surface area (Å²) in [5.74, 6) is 0. The van der Waals surface area contributed by atoms with E-state index in [1.165, 1.54) is 12.1 Å². The molecule has 0 radical (unpaired) electrons. The Bertz CT molecular complexity index is 653. The van der Waals surface area contributed by atoms with Crippen LogP contribution in [-0.2, 0) is 6.18 Å². The highest BCUT2D eigenvalue weighted by Crippen LogP contribution is 2.31. The molecule has 3 rings (SSSR count). The molecule has 0 unspecified atom stereocenters. The number of unbranched alkanes of at least 4 members (excludes halogenated alkanes) is 1. The Balaban J connectivity index is 1.34. The molecule has 1 aromatic rings. The van der Waals surface area contributed by atoms with Crippen LogP contribution in [0.1, 0.15) is 18.4 Å². The molecular formula is C18H25F3N6. The van der Waals surface area contributed by atoms with Gasteiger partial charge in [-0.1, -0.05) is 6.07 Å². The Morgan fingerprint density at radius 2 is 1.89 bits per heavy atom. The van der Waals surface area contributed by atoms with Gasteiger partial charge in [0.25, 0.3) is 0 Å². The zero-order chi connectivity index (χ0) is 19.1. The third-order valence-electron chi connectivity index (χ3n) is 4.74. The van der Waals surface area contributed by atoms with Crippen LogP contribution in [0.3, 0.4) is 0 Å². The number of rotatable bonds is 7. The zero-order valence-electron chi connectivity index (χ0n) is 15.2. The molecule has 148 valence electrons. The fourth-order valence-electron chi connectivity index (χ4n) is 3.20. The van der Waals surface area contributed by atoms with E-state index in [-0.39, 0.29) is 0 Å². The summed E-state index contributed by atoms with van der Waals surface area (Å²) in [4.78, 5) is 4.41. The van der Waals surface area contributed by atoms with E-state index in [2.05, 4.69) is 20.6 Å². The van der Waals surface area contributed by atoms with Crippen molar-refractivity contribution in [3.63, 3.8) is 0 Å². The number of azo groups is 1. The minimum atomic E-state index is -4.29. The normalized spacial score (nSPS) is 18.3. The fourth-order valence-corrected chi connectivity index (χ4v) is 3.20. The summed E-state index contributed by atoms with van der Waals surface area (Å²) in [7, 11) is 0. The first kappa shape index (κ1) is 19.6. The van der Waals surface area contributed by atoms with E-state index >= 15 is 0 Å². The van der Waals surface area contributed by atoms with Gasteiger partial charge in [0.1, 0.15) is 6.67 Å². The molecule has 0 bridgehead atoms. The smallest absolute Gasteiger partial charge is 0.369 e. The summed E-state index contributed by atoms with van der Waals surface area (Å²) in [5, 5.41) is 9.59. The highest BCUT2D eigenvalue weighted by atomic mass is 19.4. The van der Waals surface area contributed by atoms with Crippen molar-refractivity contribution in [2.75, 3.05) is 50.8 Å². The van der Waals surface area contributed by atoms with Crippen molar-refractivity contribution < 1.29 is 13.2 Å². The van der Waals surface area contributed by atoms with Crippen molar-refractivity contribution in [2.24, 2.45) is 10.2 Å². The first-order valence-corrected chi connectivity index (χ1v) is 9.20. The molecule has 2 aliphatic heterocycles. The van der Waals surface area contributed by atoms with Gasteiger partial charge < -0.3 is 4.90 Å². The quantitative estimate of drug-likeness (QED) is 0.735. The van der Waals surface area contributed by atoms with E-state index in [1.54, 1.807) is 12.3 Å².